The van der Waals surface area contributed by atoms with Gasteiger partial charge in [-0.25, -0.2) is 4.68 Å². The molecule has 118 valence electrons. The Labute approximate surface area is 130 Å². The number of hydrogen-bond acceptors (Lipinski definition) is 5. The second-order valence-corrected chi connectivity index (χ2v) is 4.61. The van der Waals surface area contributed by atoms with E-state index < -0.39 is 0 Å². The van der Waals surface area contributed by atoms with Gasteiger partial charge in [0, 0.05) is 13.7 Å². The van der Waals surface area contributed by atoms with Gasteiger partial charge in [-0.1, -0.05) is 23.4 Å². The van der Waals surface area contributed by atoms with Gasteiger partial charge in [-0.15, -0.1) is 0 Å². The first-order valence-electron chi connectivity index (χ1n) is 7.22. The van der Waals surface area contributed by atoms with Crippen molar-refractivity contribution in [2.75, 3.05) is 19.8 Å². The molecule has 1 aromatic heterocycles. The Bertz CT molecular complexity index is 609. The van der Waals surface area contributed by atoms with Crippen molar-refractivity contribution in [3.05, 3.63) is 41.6 Å². The molecule has 0 N–H and O–H groups in total. The summed E-state index contributed by atoms with van der Waals surface area (Å²) in [5, 5.41) is 8.31. The minimum atomic E-state index is 0.415. The first-order valence-corrected chi connectivity index (χ1v) is 7.22. The summed E-state index contributed by atoms with van der Waals surface area (Å²) in [7, 11) is 1.83. The van der Waals surface area contributed by atoms with E-state index >= 15 is 0 Å². The lowest BCUT2D eigenvalue weighted by Crippen LogP contribution is -2.01. The van der Waals surface area contributed by atoms with Crippen LogP contribution in [0.3, 0.4) is 0 Å². The third-order valence-corrected chi connectivity index (χ3v) is 2.95. The lowest BCUT2D eigenvalue weighted by Gasteiger charge is -2.06. The Balaban J connectivity index is 2.06. The Kier molecular flexibility index (Phi) is 5.97. The van der Waals surface area contributed by atoms with Crippen molar-refractivity contribution < 1.29 is 14.3 Å². The predicted molar refractivity (Wildman–Crippen MR) is 84.5 cm³/mol. The van der Waals surface area contributed by atoms with E-state index in [1.54, 1.807) is 10.9 Å². The zero-order valence-electron chi connectivity index (χ0n) is 13.2. The fourth-order valence-corrected chi connectivity index (χ4v) is 1.91. The average Bonchev–Trinajstić information content (AvgIpc) is 2.78. The molecule has 6 nitrogen and oxygen atoms in total. The van der Waals surface area contributed by atoms with Crippen LogP contribution in [-0.4, -0.2) is 35.8 Å². The summed E-state index contributed by atoms with van der Waals surface area (Å²) in [6.45, 7) is 5.45. The van der Waals surface area contributed by atoms with Gasteiger partial charge in [0.2, 0.25) is 5.88 Å². The van der Waals surface area contributed by atoms with Gasteiger partial charge in [0.1, 0.15) is 12.4 Å². The fraction of sp³-hybridized carbons (Fsp3) is 0.375. The summed E-state index contributed by atoms with van der Waals surface area (Å²) in [5.74, 6) is 1.37. The molecule has 0 amide bonds. The van der Waals surface area contributed by atoms with Crippen LogP contribution in [0.15, 0.2) is 35.5 Å². The van der Waals surface area contributed by atoms with E-state index in [1.807, 2.05) is 51.2 Å². The second kappa shape index (κ2) is 8.19. The van der Waals surface area contributed by atoms with Crippen LogP contribution >= 0.6 is 0 Å². The molecule has 0 fully saturated rings. The van der Waals surface area contributed by atoms with Crippen molar-refractivity contribution in [1.29, 1.82) is 0 Å². The number of para-hydroxylation sites is 1. The highest BCUT2D eigenvalue weighted by Crippen LogP contribution is 2.25. The van der Waals surface area contributed by atoms with Crippen LogP contribution in [0.25, 0.3) is 0 Å². The Morgan fingerprint density at radius 2 is 2.00 bits per heavy atom. The summed E-state index contributed by atoms with van der Waals surface area (Å²) in [6, 6.07) is 9.56. The van der Waals surface area contributed by atoms with E-state index in [0.717, 1.165) is 17.0 Å². The number of oxime groups is 1. The van der Waals surface area contributed by atoms with Crippen LogP contribution in [0, 0.1) is 6.92 Å². The van der Waals surface area contributed by atoms with Crippen molar-refractivity contribution in [3.63, 3.8) is 0 Å². The minimum Gasteiger partial charge on any atom is -0.439 e. The molecular weight excluding hydrogens is 282 g/mol. The SMILES string of the molecule is CCOCCON=Cc1c(C)nn(C)c1Oc1ccccc1. The third-order valence-electron chi connectivity index (χ3n) is 2.95. The molecule has 0 aliphatic rings. The van der Waals surface area contributed by atoms with Crippen LogP contribution in [0.4, 0.5) is 0 Å². The summed E-state index contributed by atoms with van der Waals surface area (Å²) in [6.07, 6.45) is 1.62. The molecule has 1 aromatic carbocycles. The molecule has 0 aliphatic heterocycles. The van der Waals surface area contributed by atoms with Crippen LogP contribution in [0.5, 0.6) is 11.6 Å². The maximum atomic E-state index is 5.89. The van der Waals surface area contributed by atoms with Crippen molar-refractivity contribution in [2.24, 2.45) is 12.2 Å². The lowest BCUT2D eigenvalue weighted by atomic mass is 10.3. The van der Waals surface area contributed by atoms with Gasteiger partial charge in [0.25, 0.3) is 0 Å². The van der Waals surface area contributed by atoms with Gasteiger partial charge in [-0.3, -0.25) is 0 Å². The molecule has 0 saturated carbocycles. The average molecular weight is 303 g/mol. The first-order chi connectivity index (χ1) is 10.7. The maximum absolute atomic E-state index is 5.89. The van der Waals surface area contributed by atoms with E-state index in [0.29, 0.717) is 25.7 Å². The number of rotatable bonds is 8. The Morgan fingerprint density at radius 1 is 1.23 bits per heavy atom. The lowest BCUT2D eigenvalue weighted by molar-refractivity contribution is 0.0568. The summed E-state index contributed by atoms with van der Waals surface area (Å²) < 4.78 is 12.7. The van der Waals surface area contributed by atoms with Crippen molar-refractivity contribution in [1.82, 2.24) is 9.78 Å². The fourth-order valence-electron chi connectivity index (χ4n) is 1.91. The highest BCUT2D eigenvalue weighted by molar-refractivity contribution is 5.84. The quantitative estimate of drug-likeness (QED) is 0.427. The zero-order valence-corrected chi connectivity index (χ0v) is 13.2. The smallest absolute Gasteiger partial charge is 0.226 e. The molecule has 0 radical (unpaired) electrons. The first kappa shape index (κ1) is 16.0. The number of aromatic nitrogens is 2. The van der Waals surface area contributed by atoms with E-state index in [4.69, 9.17) is 14.3 Å². The number of benzene rings is 1. The predicted octanol–water partition coefficient (Wildman–Crippen LogP) is 2.91. The highest BCUT2D eigenvalue weighted by atomic mass is 16.6. The van der Waals surface area contributed by atoms with Gasteiger partial charge < -0.3 is 14.3 Å². The zero-order chi connectivity index (χ0) is 15.8. The molecule has 0 bridgehead atoms. The summed E-state index contributed by atoms with van der Waals surface area (Å²) in [4.78, 5) is 5.16. The third kappa shape index (κ3) is 4.33. The van der Waals surface area contributed by atoms with E-state index in [9.17, 15) is 0 Å². The van der Waals surface area contributed by atoms with Crippen LogP contribution < -0.4 is 4.74 Å². The van der Waals surface area contributed by atoms with Crippen molar-refractivity contribution in [2.45, 2.75) is 13.8 Å². The largest absolute Gasteiger partial charge is 0.439 e. The van der Waals surface area contributed by atoms with Gasteiger partial charge in [0.15, 0.2) is 0 Å². The van der Waals surface area contributed by atoms with Crippen molar-refractivity contribution in [3.8, 4) is 11.6 Å². The molecule has 22 heavy (non-hydrogen) atoms. The van der Waals surface area contributed by atoms with Gasteiger partial charge in [0.05, 0.1) is 24.1 Å². The van der Waals surface area contributed by atoms with Gasteiger partial charge >= 0.3 is 0 Å². The summed E-state index contributed by atoms with van der Waals surface area (Å²) >= 11 is 0. The molecular formula is C16H21N3O3. The topological polar surface area (TPSA) is 57.9 Å². The molecule has 6 heteroatoms. The molecule has 0 aliphatic carbocycles. The van der Waals surface area contributed by atoms with E-state index in [2.05, 4.69) is 10.3 Å². The van der Waals surface area contributed by atoms with Gasteiger partial charge in [-0.05, 0) is 26.0 Å². The number of nitrogens with zero attached hydrogens (tertiary/aromatic N) is 3. The number of hydrogen-bond donors (Lipinski definition) is 0. The number of ether oxygens (including phenoxy) is 2. The van der Waals surface area contributed by atoms with E-state index in [-0.39, 0.29) is 0 Å². The Hall–Kier alpha value is -2.34. The minimum absolute atomic E-state index is 0.415. The summed E-state index contributed by atoms with van der Waals surface area (Å²) in [5.41, 5.74) is 1.62. The molecule has 0 spiro atoms. The normalized spacial score (nSPS) is 11.0. The Morgan fingerprint density at radius 3 is 2.73 bits per heavy atom. The molecule has 1 heterocycles. The van der Waals surface area contributed by atoms with Crippen LogP contribution in [0.1, 0.15) is 18.2 Å². The molecule has 2 aromatic rings. The molecule has 0 atom stereocenters. The second-order valence-electron chi connectivity index (χ2n) is 4.61. The van der Waals surface area contributed by atoms with Crippen LogP contribution in [-0.2, 0) is 16.6 Å². The standard InChI is InChI=1S/C16H21N3O3/c1-4-20-10-11-21-17-12-15-13(2)18-19(3)16(15)22-14-8-6-5-7-9-14/h5-9,12H,4,10-11H2,1-3H3. The van der Waals surface area contributed by atoms with Crippen molar-refractivity contribution >= 4 is 6.21 Å². The molecule has 0 saturated heterocycles. The van der Waals surface area contributed by atoms with E-state index in [1.165, 1.54) is 0 Å². The monoisotopic (exact) mass is 303 g/mol. The van der Waals surface area contributed by atoms with Gasteiger partial charge in [-0.2, -0.15) is 5.10 Å². The number of aryl methyl sites for hydroxylation is 2. The molecule has 0 unspecified atom stereocenters. The van der Waals surface area contributed by atoms with Crippen LogP contribution in [0.2, 0.25) is 0 Å². The highest BCUT2D eigenvalue weighted by Gasteiger charge is 2.14. The molecule has 2 rings (SSSR count). The maximum Gasteiger partial charge on any atom is 0.226 e.